The van der Waals surface area contributed by atoms with Gasteiger partial charge in [-0.15, -0.1) is 0 Å². The number of rotatable bonds is 6. The Labute approximate surface area is 226 Å². The van der Waals surface area contributed by atoms with E-state index < -0.39 is 0 Å². The zero-order valence-electron chi connectivity index (χ0n) is 21.3. The zero-order valence-corrected chi connectivity index (χ0v) is 22.9. The minimum absolute atomic E-state index is 0.140. The fourth-order valence-corrected chi connectivity index (χ4v) is 5.31. The van der Waals surface area contributed by atoms with E-state index in [1.165, 1.54) is 19.4 Å². The predicted molar refractivity (Wildman–Crippen MR) is 151 cm³/mol. The number of ketones is 1. The fourth-order valence-electron chi connectivity index (χ4n) is 4.93. The van der Waals surface area contributed by atoms with E-state index in [0.717, 1.165) is 63.4 Å². The summed E-state index contributed by atoms with van der Waals surface area (Å²) in [7, 11) is 3.23. The molecule has 37 heavy (non-hydrogen) atoms. The molecule has 7 heteroatoms. The van der Waals surface area contributed by atoms with Crippen LogP contribution in [-0.2, 0) is 0 Å². The highest BCUT2D eigenvalue weighted by molar-refractivity contribution is 9.10. The van der Waals surface area contributed by atoms with E-state index in [4.69, 9.17) is 9.47 Å². The number of pyridine rings is 2. The maximum Gasteiger partial charge on any atom is 0.213 e. The number of likely N-dealkylation sites (tertiary alicyclic amines) is 1. The summed E-state index contributed by atoms with van der Waals surface area (Å²) < 4.78 is 11.3. The van der Waals surface area contributed by atoms with Crippen molar-refractivity contribution in [1.82, 2.24) is 14.9 Å². The van der Waals surface area contributed by atoms with Gasteiger partial charge in [0.1, 0.15) is 0 Å². The summed E-state index contributed by atoms with van der Waals surface area (Å²) >= 11 is 3.41. The molecule has 0 spiro atoms. The SMILES string of the molecule is COc1cc2ccc(Br)cc2cn1.COc1cc2ccc(C(=O)C3CCCN(CC4CC4)C3)cc2cn1. The molecule has 1 atom stereocenters. The highest BCUT2D eigenvalue weighted by Crippen LogP contribution is 2.32. The van der Waals surface area contributed by atoms with Crippen LogP contribution in [0.4, 0.5) is 0 Å². The standard InChI is InChI=1S/C20H24N2O2.C10H8BrNO/c1-24-19-10-15-6-7-16(9-18(15)11-21-19)20(23)17-3-2-8-22(13-17)12-14-4-5-14;1-13-10-5-7-2-3-9(11)4-8(7)6-12-10/h6-7,9-11,14,17H,2-5,8,12-13H2,1H3;2-6H,1H3. The molecule has 0 bridgehead atoms. The van der Waals surface area contributed by atoms with Crippen LogP contribution in [0.2, 0.25) is 0 Å². The highest BCUT2D eigenvalue weighted by Gasteiger charge is 2.30. The molecule has 2 fully saturated rings. The second-order valence-corrected chi connectivity index (χ2v) is 10.8. The van der Waals surface area contributed by atoms with E-state index >= 15 is 0 Å². The Morgan fingerprint density at radius 1 is 0.892 bits per heavy atom. The first-order valence-electron chi connectivity index (χ1n) is 12.8. The van der Waals surface area contributed by atoms with Crippen LogP contribution in [0.3, 0.4) is 0 Å². The van der Waals surface area contributed by atoms with Crippen LogP contribution >= 0.6 is 15.9 Å². The quantitative estimate of drug-likeness (QED) is 0.248. The van der Waals surface area contributed by atoms with Crippen molar-refractivity contribution in [2.75, 3.05) is 33.9 Å². The maximum atomic E-state index is 12.9. The smallest absolute Gasteiger partial charge is 0.213 e. The van der Waals surface area contributed by atoms with Crippen LogP contribution < -0.4 is 9.47 Å². The third-order valence-electron chi connectivity index (χ3n) is 7.15. The van der Waals surface area contributed by atoms with Crippen molar-refractivity contribution in [1.29, 1.82) is 0 Å². The minimum atomic E-state index is 0.140. The lowest BCUT2D eigenvalue weighted by molar-refractivity contribution is 0.0815. The Morgan fingerprint density at radius 2 is 1.54 bits per heavy atom. The molecular weight excluding hydrogens is 530 g/mol. The van der Waals surface area contributed by atoms with Gasteiger partial charge in [0.15, 0.2) is 5.78 Å². The molecule has 0 radical (unpaired) electrons. The first-order chi connectivity index (χ1) is 18.0. The number of Topliss-reactive ketones (excluding diaryl/α,β-unsaturated/α-hetero) is 1. The van der Waals surface area contributed by atoms with Gasteiger partial charge in [-0.3, -0.25) is 4.79 Å². The van der Waals surface area contributed by atoms with Crippen LogP contribution in [-0.4, -0.2) is 54.5 Å². The second-order valence-electron chi connectivity index (χ2n) is 9.91. The van der Waals surface area contributed by atoms with Gasteiger partial charge in [-0.25, -0.2) is 9.97 Å². The van der Waals surface area contributed by atoms with Crippen LogP contribution in [0.15, 0.2) is 65.4 Å². The fraction of sp³-hybridized carbons (Fsp3) is 0.367. The number of aromatic nitrogens is 2. The molecule has 6 rings (SSSR count). The van der Waals surface area contributed by atoms with Gasteiger partial charge in [0, 0.05) is 64.3 Å². The van der Waals surface area contributed by atoms with Crippen LogP contribution in [0.1, 0.15) is 36.0 Å². The number of methoxy groups -OCH3 is 2. The monoisotopic (exact) mass is 561 g/mol. The maximum absolute atomic E-state index is 12.9. The van der Waals surface area contributed by atoms with E-state index in [9.17, 15) is 4.79 Å². The van der Waals surface area contributed by atoms with E-state index in [-0.39, 0.29) is 11.7 Å². The van der Waals surface area contributed by atoms with E-state index in [0.29, 0.717) is 11.8 Å². The molecule has 1 aliphatic heterocycles. The summed E-state index contributed by atoms with van der Waals surface area (Å²) in [5.74, 6) is 2.56. The van der Waals surface area contributed by atoms with Crippen LogP contribution in [0, 0.1) is 11.8 Å². The van der Waals surface area contributed by atoms with Crippen molar-refractivity contribution >= 4 is 43.3 Å². The van der Waals surface area contributed by atoms with E-state index in [1.807, 2.05) is 48.5 Å². The lowest BCUT2D eigenvalue weighted by Gasteiger charge is -2.32. The largest absolute Gasteiger partial charge is 0.481 e. The van der Waals surface area contributed by atoms with Gasteiger partial charge < -0.3 is 14.4 Å². The van der Waals surface area contributed by atoms with Gasteiger partial charge in [-0.2, -0.15) is 0 Å². The van der Waals surface area contributed by atoms with E-state index in [1.54, 1.807) is 26.6 Å². The number of hydrogen-bond donors (Lipinski definition) is 0. The predicted octanol–water partition coefficient (Wildman–Crippen LogP) is 6.55. The number of ether oxygens (including phenoxy) is 2. The van der Waals surface area contributed by atoms with Gasteiger partial charge in [0.2, 0.25) is 11.8 Å². The van der Waals surface area contributed by atoms with Gasteiger partial charge >= 0.3 is 0 Å². The average Bonchev–Trinajstić information content (AvgIpc) is 3.76. The zero-order chi connectivity index (χ0) is 25.8. The third-order valence-corrected chi connectivity index (χ3v) is 7.64. The molecule has 192 valence electrons. The van der Waals surface area contributed by atoms with Crippen molar-refractivity contribution < 1.29 is 14.3 Å². The second kappa shape index (κ2) is 11.6. The number of nitrogens with zero attached hydrogens (tertiary/aromatic N) is 3. The normalized spacial score (nSPS) is 17.8. The van der Waals surface area contributed by atoms with Gasteiger partial charge in [0.25, 0.3) is 0 Å². The first kappa shape index (κ1) is 25.6. The summed E-state index contributed by atoms with van der Waals surface area (Å²) in [6.07, 6.45) is 8.48. The Balaban J connectivity index is 0.000000182. The minimum Gasteiger partial charge on any atom is -0.481 e. The average molecular weight is 563 g/mol. The molecule has 0 N–H and O–H groups in total. The molecule has 4 aromatic rings. The summed E-state index contributed by atoms with van der Waals surface area (Å²) in [5, 5.41) is 4.29. The topological polar surface area (TPSA) is 64.6 Å². The number of piperidine rings is 1. The van der Waals surface area contributed by atoms with Crippen molar-refractivity contribution in [3.05, 3.63) is 71.0 Å². The lowest BCUT2D eigenvalue weighted by atomic mass is 9.89. The molecular formula is C30H32BrN3O3. The Kier molecular flexibility index (Phi) is 8.01. The molecule has 2 aliphatic rings. The first-order valence-corrected chi connectivity index (χ1v) is 13.6. The van der Waals surface area contributed by atoms with Crippen molar-refractivity contribution in [3.63, 3.8) is 0 Å². The Hall–Kier alpha value is -3.03. The Bertz CT molecular complexity index is 1410. The number of carbonyl (C=O) groups excluding carboxylic acids is 1. The number of carbonyl (C=O) groups is 1. The molecule has 1 unspecified atom stereocenters. The van der Waals surface area contributed by atoms with Crippen LogP contribution in [0.5, 0.6) is 11.8 Å². The Morgan fingerprint density at radius 3 is 2.19 bits per heavy atom. The molecule has 1 aliphatic carbocycles. The summed E-state index contributed by atoms with van der Waals surface area (Å²) in [6, 6.07) is 15.8. The number of hydrogen-bond acceptors (Lipinski definition) is 6. The summed E-state index contributed by atoms with van der Waals surface area (Å²) in [5.41, 5.74) is 0.813. The van der Waals surface area contributed by atoms with E-state index in [2.05, 4.69) is 30.8 Å². The molecule has 3 heterocycles. The van der Waals surface area contributed by atoms with Crippen molar-refractivity contribution in [2.45, 2.75) is 25.7 Å². The molecule has 1 saturated heterocycles. The highest BCUT2D eigenvalue weighted by atomic mass is 79.9. The third kappa shape index (κ3) is 6.46. The molecule has 6 nitrogen and oxygen atoms in total. The van der Waals surface area contributed by atoms with Crippen LogP contribution in [0.25, 0.3) is 21.5 Å². The summed E-state index contributed by atoms with van der Waals surface area (Å²) in [6.45, 7) is 3.27. The van der Waals surface area contributed by atoms with Gasteiger partial charge in [-0.1, -0.05) is 34.1 Å². The lowest BCUT2D eigenvalue weighted by Crippen LogP contribution is -2.39. The molecule has 1 saturated carbocycles. The molecule has 2 aromatic heterocycles. The summed E-state index contributed by atoms with van der Waals surface area (Å²) in [4.78, 5) is 23.8. The molecule has 2 aromatic carbocycles. The number of fused-ring (bicyclic) bond motifs is 2. The number of halogens is 1. The van der Waals surface area contributed by atoms with Crippen molar-refractivity contribution in [2.24, 2.45) is 11.8 Å². The molecule has 0 amide bonds. The van der Waals surface area contributed by atoms with Gasteiger partial charge in [-0.05, 0) is 67.1 Å². The van der Waals surface area contributed by atoms with Crippen molar-refractivity contribution in [3.8, 4) is 11.8 Å². The van der Waals surface area contributed by atoms with Gasteiger partial charge in [0.05, 0.1) is 14.2 Å². The number of benzene rings is 2.